The maximum Gasteiger partial charge on any atom is 0.243 e. The maximum absolute atomic E-state index is 11.0. The third-order valence-electron chi connectivity index (χ3n) is 1.63. The Morgan fingerprint density at radius 2 is 2.08 bits per heavy atom. The summed E-state index contributed by atoms with van der Waals surface area (Å²) < 4.78 is 0. The minimum absolute atomic E-state index is 0.0497. The molecule has 1 rings (SSSR count). The Bertz CT molecular complexity index is 290. The van der Waals surface area contributed by atoms with Crippen LogP contribution in [0.15, 0.2) is 42.5 Å². The van der Waals surface area contributed by atoms with Gasteiger partial charge in [0.1, 0.15) is 0 Å². The molecule has 0 aromatic heterocycles. The Morgan fingerprint density at radius 1 is 1.38 bits per heavy atom. The van der Waals surface area contributed by atoms with Crippen molar-refractivity contribution in [2.24, 2.45) is 0 Å². The van der Waals surface area contributed by atoms with Gasteiger partial charge in [-0.25, -0.2) is 0 Å². The number of nitrogens with one attached hydrogen (secondary N) is 1. The minimum atomic E-state index is -0.0497. The van der Waals surface area contributed by atoms with Crippen LogP contribution in [0.4, 0.5) is 0 Å². The van der Waals surface area contributed by atoms with Gasteiger partial charge in [0.05, 0.1) is 0 Å². The molecular weight excluding hydrogens is 162 g/mol. The van der Waals surface area contributed by atoms with E-state index in [2.05, 4.69) is 5.32 Å². The molecule has 0 unspecified atom stereocenters. The molecule has 2 heteroatoms. The van der Waals surface area contributed by atoms with Crippen molar-refractivity contribution in [1.82, 2.24) is 5.32 Å². The van der Waals surface area contributed by atoms with E-state index in [-0.39, 0.29) is 5.91 Å². The summed E-state index contributed by atoms with van der Waals surface area (Å²) in [6.07, 6.45) is 3.24. The molecule has 1 amide bonds. The van der Waals surface area contributed by atoms with Crippen LogP contribution in [0.25, 0.3) is 0 Å². The first-order chi connectivity index (χ1) is 6.33. The molecule has 1 N–H and O–H groups in total. The van der Waals surface area contributed by atoms with E-state index in [1.54, 1.807) is 6.08 Å². The van der Waals surface area contributed by atoms with Gasteiger partial charge in [0.2, 0.25) is 5.91 Å². The second kappa shape index (κ2) is 5.14. The second-order valence-corrected chi connectivity index (χ2v) is 2.70. The molecule has 0 heterocycles. The fourth-order valence-electron chi connectivity index (χ4n) is 0.995. The molecule has 0 aliphatic heterocycles. The molecule has 68 valence electrons. The third-order valence-corrected chi connectivity index (χ3v) is 1.63. The lowest BCUT2D eigenvalue weighted by atomic mass is 10.2. The number of allylic oxidation sites excluding steroid dienone is 1. The van der Waals surface area contributed by atoms with E-state index in [4.69, 9.17) is 0 Å². The van der Waals surface area contributed by atoms with Crippen molar-refractivity contribution >= 4 is 5.91 Å². The van der Waals surface area contributed by atoms with Crippen LogP contribution in [0.2, 0.25) is 0 Å². The molecule has 0 saturated carbocycles. The van der Waals surface area contributed by atoms with Crippen molar-refractivity contribution in [3.63, 3.8) is 0 Å². The topological polar surface area (TPSA) is 29.1 Å². The molecule has 0 aliphatic rings. The van der Waals surface area contributed by atoms with E-state index in [9.17, 15) is 4.79 Å². The Hall–Kier alpha value is -1.57. The quantitative estimate of drug-likeness (QED) is 0.698. The molecule has 2 nitrogen and oxygen atoms in total. The summed E-state index contributed by atoms with van der Waals surface area (Å²) >= 11 is 0. The first-order valence-corrected chi connectivity index (χ1v) is 4.27. The summed E-state index contributed by atoms with van der Waals surface area (Å²) in [6.45, 7) is 2.41. The van der Waals surface area contributed by atoms with Gasteiger partial charge in [-0.05, 0) is 18.6 Å². The van der Waals surface area contributed by atoms with Crippen LogP contribution in [0.1, 0.15) is 12.5 Å². The first-order valence-electron chi connectivity index (χ1n) is 4.27. The lowest BCUT2D eigenvalue weighted by Crippen LogP contribution is -2.19. The molecule has 0 atom stereocenters. The largest absolute Gasteiger partial charge is 0.348 e. The normalized spacial score (nSPS) is 10.2. The van der Waals surface area contributed by atoms with Crippen molar-refractivity contribution in [2.75, 3.05) is 0 Å². The van der Waals surface area contributed by atoms with Crippen LogP contribution >= 0.6 is 0 Å². The predicted molar refractivity (Wildman–Crippen MR) is 53.1 cm³/mol. The molecular formula is C11H13NO. The summed E-state index contributed by atoms with van der Waals surface area (Å²) in [5, 5.41) is 2.77. The van der Waals surface area contributed by atoms with E-state index in [0.717, 1.165) is 5.56 Å². The standard InChI is InChI=1S/C11H13NO/c1-2-6-11(13)12-9-10-7-4-3-5-8-10/h2-8H,9H2,1H3,(H,12,13). The van der Waals surface area contributed by atoms with Gasteiger partial charge in [-0.3, -0.25) is 4.79 Å². The number of hydrogen-bond donors (Lipinski definition) is 1. The summed E-state index contributed by atoms with van der Waals surface area (Å²) in [7, 11) is 0. The first kappa shape index (κ1) is 9.52. The Labute approximate surface area is 78.3 Å². The van der Waals surface area contributed by atoms with Crippen molar-refractivity contribution in [3.8, 4) is 0 Å². The lowest BCUT2D eigenvalue weighted by Gasteiger charge is -2.01. The molecule has 0 radical (unpaired) electrons. The highest BCUT2D eigenvalue weighted by Gasteiger charge is 1.93. The lowest BCUT2D eigenvalue weighted by molar-refractivity contribution is -0.116. The summed E-state index contributed by atoms with van der Waals surface area (Å²) in [4.78, 5) is 11.0. The number of benzene rings is 1. The number of carbonyl (C=O) groups excluding carboxylic acids is 1. The van der Waals surface area contributed by atoms with Gasteiger partial charge in [0.15, 0.2) is 0 Å². The highest BCUT2D eigenvalue weighted by atomic mass is 16.1. The van der Waals surface area contributed by atoms with Gasteiger partial charge in [0.25, 0.3) is 0 Å². The van der Waals surface area contributed by atoms with Gasteiger partial charge < -0.3 is 5.32 Å². The van der Waals surface area contributed by atoms with E-state index in [0.29, 0.717) is 6.54 Å². The average Bonchev–Trinajstić information content (AvgIpc) is 2.17. The van der Waals surface area contributed by atoms with E-state index < -0.39 is 0 Å². The Balaban J connectivity index is 2.40. The van der Waals surface area contributed by atoms with Crippen molar-refractivity contribution in [2.45, 2.75) is 13.5 Å². The maximum atomic E-state index is 11.0. The number of rotatable bonds is 3. The fourth-order valence-corrected chi connectivity index (χ4v) is 0.995. The average molecular weight is 175 g/mol. The molecule has 0 fully saturated rings. The van der Waals surface area contributed by atoms with Gasteiger partial charge >= 0.3 is 0 Å². The summed E-state index contributed by atoms with van der Waals surface area (Å²) in [6, 6.07) is 9.83. The Kier molecular flexibility index (Phi) is 3.76. The zero-order valence-corrected chi connectivity index (χ0v) is 7.66. The number of hydrogen-bond acceptors (Lipinski definition) is 1. The second-order valence-electron chi connectivity index (χ2n) is 2.70. The molecule has 0 saturated heterocycles. The van der Waals surface area contributed by atoms with Crippen LogP contribution in [0.5, 0.6) is 0 Å². The van der Waals surface area contributed by atoms with Gasteiger partial charge in [0, 0.05) is 6.54 Å². The third kappa shape index (κ3) is 3.56. The molecule has 1 aromatic carbocycles. The monoisotopic (exact) mass is 175 g/mol. The molecule has 0 spiro atoms. The van der Waals surface area contributed by atoms with Crippen molar-refractivity contribution in [1.29, 1.82) is 0 Å². The SMILES string of the molecule is CC=CC(=O)NCc1ccccc1. The van der Waals surface area contributed by atoms with Gasteiger partial charge in [-0.2, -0.15) is 0 Å². The van der Waals surface area contributed by atoms with Gasteiger partial charge in [-0.1, -0.05) is 36.4 Å². The van der Waals surface area contributed by atoms with Crippen LogP contribution in [0.3, 0.4) is 0 Å². The highest BCUT2D eigenvalue weighted by molar-refractivity contribution is 5.87. The number of amides is 1. The van der Waals surface area contributed by atoms with Crippen molar-refractivity contribution < 1.29 is 4.79 Å². The van der Waals surface area contributed by atoms with Crippen LogP contribution in [-0.2, 0) is 11.3 Å². The smallest absolute Gasteiger partial charge is 0.243 e. The van der Waals surface area contributed by atoms with Gasteiger partial charge in [-0.15, -0.1) is 0 Å². The fraction of sp³-hybridized carbons (Fsp3) is 0.182. The van der Waals surface area contributed by atoms with Crippen LogP contribution < -0.4 is 5.32 Å². The van der Waals surface area contributed by atoms with E-state index in [1.807, 2.05) is 37.3 Å². The van der Waals surface area contributed by atoms with Crippen LogP contribution in [0, 0.1) is 0 Å². The van der Waals surface area contributed by atoms with Crippen LogP contribution in [-0.4, -0.2) is 5.91 Å². The zero-order chi connectivity index (χ0) is 9.52. The van der Waals surface area contributed by atoms with E-state index in [1.165, 1.54) is 6.08 Å². The van der Waals surface area contributed by atoms with E-state index >= 15 is 0 Å². The summed E-state index contributed by atoms with van der Waals surface area (Å²) in [5.74, 6) is -0.0497. The van der Waals surface area contributed by atoms with Crippen molar-refractivity contribution in [3.05, 3.63) is 48.0 Å². The molecule has 1 aromatic rings. The molecule has 13 heavy (non-hydrogen) atoms. The highest BCUT2D eigenvalue weighted by Crippen LogP contribution is 1.96. The molecule has 0 aliphatic carbocycles. The number of carbonyl (C=O) groups is 1. The minimum Gasteiger partial charge on any atom is -0.348 e. The summed E-state index contributed by atoms with van der Waals surface area (Å²) in [5.41, 5.74) is 1.11. The Morgan fingerprint density at radius 3 is 2.69 bits per heavy atom. The zero-order valence-electron chi connectivity index (χ0n) is 7.66. The molecule has 0 bridgehead atoms. The predicted octanol–water partition coefficient (Wildman–Crippen LogP) is 1.88.